The van der Waals surface area contributed by atoms with E-state index in [0.29, 0.717) is 23.7 Å². The Morgan fingerprint density at radius 2 is 2.24 bits per heavy atom. The van der Waals surface area contributed by atoms with Gasteiger partial charge in [0, 0.05) is 12.2 Å². The van der Waals surface area contributed by atoms with Gasteiger partial charge in [-0.05, 0) is 31.0 Å². The van der Waals surface area contributed by atoms with Crippen LogP contribution in [0.2, 0.25) is 0 Å². The Labute approximate surface area is 123 Å². The second-order valence-corrected chi connectivity index (χ2v) is 4.89. The van der Waals surface area contributed by atoms with E-state index in [2.05, 4.69) is 11.1 Å². The molecule has 0 saturated carbocycles. The van der Waals surface area contributed by atoms with Crippen LogP contribution in [0.4, 0.5) is 17.2 Å². The summed E-state index contributed by atoms with van der Waals surface area (Å²) in [5.74, 6) is 0.212. The van der Waals surface area contributed by atoms with Gasteiger partial charge in [0.05, 0.1) is 18.5 Å². The Bertz CT molecular complexity index is 685. The molecule has 1 aliphatic rings. The standard InChI is InChI=1S/C16H17N3O2/c1-2-21-16(20)13-9-12(17)10-18-15(13)19-8-7-11-5-3-4-6-14(11)19/h3-6,9-10H,2,7-8,17H2,1H3. The van der Waals surface area contributed by atoms with Gasteiger partial charge >= 0.3 is 5.97 Å². The summed E-state index contributed by atoms with van der Waals surface area (Å²) in [5.41, 5.74) is 8.97. The number of hydrogen-bond acceptors (Lipinski definition) is 5. The fraction of sp³-hybridized carbons (Fsp3) is 0.250. The van der Waals surface area contributed by atoms with Gasteiger partial charge < -0.3 is 15.4 Å². The first-order chi connectivity index (χ1) is 10.2. The molecule has 3 rings (SSSR count). The fourth-order valence-corrected chi connectivity index (χ4v) is 2.61. The van der Waals surface area contributed by atoms with E-state index in [4.69, 9.17) is 10.5 Å². The average molecular weight is 283 g/mol. The number of nitrogens with two attached hydrogens (primary N) is 1. The van der Waals surface area contributed by atoms with Crippen molar-refractivity contribution in [2.24, 2.45) is 0 Å². The van der Waals surface area contributed by atoms with E-state index in [1.165, 1.54) is 5.56 Å². The lowest BCUT2D eigenvalue weighted by molar-refractivity contribution is 0.0527. The van der Waals surface area contributed by atoms with Crippen LogP contribution in [0.3, 0.4) is 0 Å². The van der Waals surface area contributed by atoms with Gasteiger partial charge in [0.25, 0.3) is 0 Å². The minimum atomic E-state index is -0.392. The van der Waals surface area contributed by atoms with Crippen molar-refractivity contribution in [2.45, 2.75) is 13.3 Å². The Hall–Kier alpha value is -2.56. The zero-order valence-electron chi connectivity index (χ0n) is 11.9. The molecule has 108 valence electrons. The Morgan fingerprint density at radius 1 is 1.43 bits per heavy atom. The zero-order chi connectivity index (χ0) is 14.8. The van der Waals surface area contributed by atoms with Gasteiger partial charge in [-0.1, -0.05) is 18.2 Å². The molecule has 0 amide bonds. The molecule has 0 unspecified atom stereocenters. The van der Waals surface area contributed by atoms with Crippen LogP contribution in [0.5, 0.6) is 0 Å². The highest BCUT2D eigenvalue weighted by Gasteiger charge is 2.26. The normalized spacial score (nSPS) is 13.1. The summed E-state index contributed by atoms with van der Waals surface area (Å²) in [6.07, 6.45) is 2.50. The molecule has 0 bridgehead atoms. The Balaban J connectivity index is 2.05. The van der Waals surface area contributed by atoms with Crippen LogP contribution >= 0.6 is 0 Å². The van der Waals surface area contributed by atoms with Gasteiger partial charge in [0.1, 0.15) is 11.4 Å². The fourth-order valence-electron chi connectivity index (χ4n) is 2.61. The van der Waals surface area contributed by atoms with E-state index in [9.17, 15) is 4.79 Å². The maximum atomic E-state index is 12.1. The van der Waals surface area contributed by atoms with Crippen molar-refractivity contribution in [3.8, 4) is 0 Å². The van der Waals surface area contributed by atoms with Crippen LogP contribution in [-0.2, 0) is 11.2 Å². The number of nitrogen functional groups attached to an aromatic ring is 1. The molecule has 1 aliphatic heterocycles. The lowest BCUT2D eigenvalue weighted by Crippen LogP contribution is -2.20. The molecule has 1 aromatic carbocycles. The summed E-state index contributed by atoms with van der Waals surface area (Å²) < 4.78 is 5.11. The van der Waals surface area contributed by atoms with Crippen molar-refractivity contribution in [1.82, 2.24) is 4.98 Å². The van der Waals surface area contributed by atoms with Gasteiger partial charge in [0.2, 0.25) is 0 Å². The molecular formula is C16H17N3O2. The molecule has 0 fully saturated rings. The molecule has 2 heterocycles. The van der Waals surface area contributed by atoms with Gasteiger partial charge in [-0.15, -0.1) is 0 Å². The minimum absolute atomic E-state index is 0.323. The number of hydrogen-bond donors (Lipinski definition) is 1. The number of fused-ring (bicyclic) bond motifs is 1. The molecule has 0 spiro atoms. The Morgan fingerprint density at radius 3 is 3.05 bits per heavy atom. The third-order valence-electron chi connectivity index (χ3n) is 3.53. The quantitative estimate of drug-likeness (QED) is 0.877. The number of aromatic nitrogens is 1. The maximum absolute atomic E-state index is 12.1. The SMILES string of the molecule is CCOC(=O)c1cc(N)cnc1N1CCc2ccccc21. The molecule has 1 aromatic heterocycles. The van der Waals surface area contributed by atoms with Crippen molar-refractivity contribution >= 4 is 23.2 Å². The third kappa shape index (κ3) is 2.42. The number of carbonyl (C=O) groups is 1. The summed E-state index contributed by atoms with van der Waals surface area (Å²) in [6.45, 7) is 2.90. The number of benzene rings is 1. The second-order valence-electron chi connectivity index (χ2n) is 4.89. The molecule has 0 atom stereocenters. The smallest absolute Gasteiger partial charge is 0.341 e. The van der Waals surface area contributed by atoms with E-state index in [1.54, 1.807) is 19.2 Å². The van der Waals surface area contributed by atoms with Gasteiger partial charge in [0.15, 0.2) is 0 Å². The number of esters is 1. The van der Waals surface area contributed by atoms with E-state index in [1.807, 2.05) is 23.1 Å². The van der Waals surface area contributed by atoms with Gasteiger partial charge in [-0.2, -0.15) is 0 Å². The van der Waals surface area contributed by atoms with Crippen LogP contribution in [0.1, 0.15) is 22.8 Å². The highest BCUT2D eigenvalue weighted by molar-refractivity contribution is 5.97. The van der Waals surface area contributed by atoms with Crippen LogP contribution in [0.15, 0.2) is 36.5 Å². The van der Waals surface area contributed by atoms with Crippen LogP contribution in [-0.4, -0.2) is 24.1 Å². The number of ether oxygens (including phenoxy) is 1. The maximum Gasteiger partial charge on any atom is 0.341 e. The summed E-state index contributed by atoms with van der Waals surface area (Å²) in [4.78, 5) is 18.5. The zero-order valence-corrected chi connectivity index (χ0v) is 11.9. The predicted molar refractivity (Wildman–Crippen MR) is 81.8 cm³/mol. The number of carbonyl (C=O) groups excluding carboxylic acids is 1. The highest BCUT2D eigenvalue weighted by atomic mass is 16.5. The van der Waals surface area contributed by atoms with E-state index >= 15 is 0 Å². The number of anilines is 3. The average Bonchev–Trinajstić information content (AvgIpc) is 2.91. The van der Waals surface area contributed by atoms with Crippen LogP contribution in [0, 0.1) is 0 Å². The summed E-state index contributed by atoms with van der Waals surface area (Å²) in [7, 11) is 0. The molecule has 0 radical (unpaired) electrons. The summed E-state index contributed by atoms with van der Waals surface area (Å²) >= 11 is 0. The monoisotopic (exact) mass is 283 g/mol. The van der Waals surface area contributed by atoms with Gasteiger partial charge in [-0.25, -0.2) is 9.78 Å². The third-order valence-corrected chi connectivity index (χ3v) is 3.53. The molecule has 5 heteroatoms. The van der Waals surface area contributed by atoms with E-state index in [0.717, 1.165) is 18.7 Å². The number of rotatable bonds is 3. The molecular weight excluding hydrogens is 266 g/mol. The highest BCUT2D eigenvalue weighted by Crippen LogP contribution is 2.35. The van der Waals surface area contributed by atoms with Crippen molar-refractivity contribution in [2.75, 3.05) is 23.8 Å². The molecule has 2 aromatic rings. The van der Waals surface area contributed by atoms with Crippen LogP contribution < -0.4 is 10.6 Å². The second kappa shape index (κ2) is 5.44. The molecule has 2 N–H and O–H groups in total. The van der Waals surface area contributed by atoms with Crippen molar-refractivity contribution < 1.29 is 9.53 Å². The molecule has 0 aliphatic carbocycles. The molecule has 0 saturated heterocycles. The van der Waals surface area contributed by atoms with Crippen LogP contribution in [0.25, 0.3) is 0 Å². The van der Waals surface area contributed by atoms with E-state index in [-0.39, 0.29) is 0 Å². The first-order valence-corrected chi connectivity index (χ1v) is 6.98. The number of para-hydroxylation sites is 1. The lowest BCUT2D eigenvalue weighted by Gasteiger charge is -2.21. The van der Waals surface area contributed by atoms with Gasteiger partial charge in [-0.3, -0.25) is 0 Å². The Kier molecular flexibility index (Phi) is 3.48. The minimum Gasteiger partial charge on any atom is -0.462 e. The van der Waals surface area contributed by atoms with Crippen molar-refractivity contribution in [1.29, 1.82) is 0 Å². The van der Waals surface area contributed by atoms with E-state index < -0.39 is 5.97 Å². The topological polar surface area (TPSA) is 68.5 Å². The van der Waals surface area contributed by atoms with Crippen molar-refractivity contribution in [3.63, 3.8) is 0 Å². The predicted octanol–water partition coefficient (Wildman–Crippen LogP) is 2.53. The summed E-state index contributed by atoms with van der Waals surface area (Å²) in [6, 6.07) is 9.76. The molecule has 21 heavy (non-hydrogen) atoms. The number of pyridine rings is 1. The lowest BCUT2D eigenvalue weighted by atomic mass is 10.2. The largest absolute Gasteiger partial charge is 0.462 e. The first-order valence-electron chi connectivity index (χ1n) is 6.98. The number of nitrogens with zero attached hydrogens (tertiary/aromatic N) is 2. The summed E-state index contributed by atoms with van der Waals surface area (Å²) in [5, 5.41) is 0. The first kappa shape index (κ1) is 13.4. The molecule has 5 nitrogen and oxygen atoms in total. The van der Waals surface area contributed by atoms with Crippen molar-refractivity contribution in [3.05, 3.63) is 47.7 Å².